The Labute approximate surface area is 128 Å². The van der Waals surface area contributed by atoms with Crippen molar-refractivity contribution in [1.29, 1.82) is 0 Å². The first-order chi connectivity index (χ1) is 10.3. The average Bonchev–Trinajstić information content (AvgIpc) is 2.95. The number of nitrogens with zero attached hydrogens (tertiary/aromatic N) is 1. The number of rotatable bonds is 5. The summed E-state index contributed by atoms with van der Waals surface area (Å²) in [6, 6.07) is 16.7. The molecular weight excluding hydrogens is 280 g/mol. The van der Waals surface area contributed by atoms with E-state index < -0.39 is 0 Å². The maximum Gasteiger partial charge on any atom is 0.118 e. The second kappa shape index (κ2) is 6.24. The van der Waals surface area contributed by atoms with Crippen molar-refractivity contribution in [1.82, 2.24) is 10.3 Å². The molecule has 1 aromatic heterocycles. The van der Waals surface area contributed by atoms with Crippen molar-refractivity contribution in [3.63, 3.8) is 0 Å². The summed E-state index contributed by atoms with van der Waals surface area (Å²) in [5, 5.41) is 4.64. The van der Waals surface area contributed by atoms with Crippen LogP contribution < -0.4 is 10.1 Å². The third-order valence-corrected chi connectivity index (χ3v) is 4.55. The van der Waals surface area contributed by atoms with Crippen LogP contribution in [0, 0.1) is 0 Å². The van der Waals surface area contributed by atoms with E-state index in [1.165, 1.54) is 10.3 Å². The lowest BCUT2D eigenvalue weighted by Gasteiger charge is -2.13. The first-order valence-corrected chi connectivity index (χ1v) is 7.79. The van der Waals surface area contributed by atoms with E-state index in [4.69, 9.17) is 4.74 Å². The average molecular weight is 298 g/mol. The minimum absolute atomic E-state index is 0.280. The SMILES string of the molecule is COc1ccc(C(C)NCc2nc3ccccc3s2)cc1. The fraction of sp³-hybridized carbons (Fsp3) is 0.235. The Morgan fingerprint density at radius 2 is 1.90 bits per heavy atom. The van der Waals surface area contributed by atoms with Crippen LogP contribution in [0.25, 0.3) is 10.2 Å². The predicted octanol–water partition coefficient (Wildman–Crippen LogP) is 4.16. The zero-order chi connectivity index (χ0) is 14.7. The molecule has 0 aliphatic rings. The highest BCUT2D eigenvalue weighted by molar-refractivity contribution is 7.18. The number of methoxy groups -OCH3 is 1. The first-order valence-electron chi connectivity index (χ1n) is 6.98. The van der Waals surface area contributed by atoms with Gasteiger partial charge in [-0.25, -0.2) is 4.98 Å². The summed E-state index contributed by atoms with van der Waals surface area (Å²) in [6.45, 7) is 2.95. The number of thiazole rings is 1. The number of para-hydroxylation sites is 1. The molecule has 0 amide bonds. The molecule has 3 nitrogen and oxygen atoms in total. The second-order valence-corrected chi connectivity index (χ2v) is 6.07. The van der Waals surface area contributed by atoms with Crippen molar-refractivity contribution in [3.05, 3.63) is 59.1 Å². The molecule has 21 heavy (non-hydrogen) atoms. The standard InChI is InChI=1S/C17H18N2OS/c1-12(13-7-9-14(20-2)10-8-13)18-11-17-19-15-5-3-4-6-16(15)21-17/h3-10,12,18H,11H2,1-2H3. The van der Waals surface area contributed by atoms with Crippen molar-refractivity contribution >= 4 is 21.6 Å². The molecule has 108 valence electrons. The van der Waals surface area contributed by atoms with Crippen molar-refractivity contribution in [2.75, 3.05) is 7.11 Å². The maximum atomic E-state index is 5.18. The largest absolute Gasteiger partial charge is 0.497 e. The van der Waals surface area contributed by atoms with Gasteiger partial charge in [0.05, 0.1) is 17.3 Å². The van der Waals surface area contributed by atoms with Gasteiger partial charge in [0, 0.05) is 12.6 Å². The van der Waals surface area contributed by atoms with E-state index in [-0.39, 0.29) is 6.04 Å². The van der Waals surface area contributed by atoms with Gasteiger partial charge in [-0.05, 0) is 36.8 Å². The van der Waals surface area contributed by atoms with Crippen LogP contribution in [0.1, 0.15) is 23.5 Å². The summed E-state index contributed by atoms with van der Waals surface area (Å²) in [7, 11) is 1.68. The van der Waals surface area contributed by atoms with Gasteiger partial charge in [-0.15, -0.1) is 11.3 Å². The summed E-state index contributed by atoms with van der Waals surface area (Å²) < 4.78 is 6.43. The molecule has 0 saturated carbocycles. The quantitative estimate of drug-likeness (QED) is 0.768. The van der Waals surface area contributed by atoms with E-state index in [9.17, 15) is 0 Å². The fourth-order valence-electron chi connectivity index (χ4n) is 2.25. The fourth-order valence-corrected chi connectivity index (χ4v) is 3.16. The van der Waals surface area contributed by atoms with Crippen LogP contribution in [-0.4, -0.2) is 12.1 Å². The van der Waals surface area contributed by atoms with E-state index in [0.29, 0.717) is 0 Å². The lowest BCUT2D eigenvalue weighted by Crippen LogP contribution is -2.17. The summed E-state index contributed by atoms with van der Waals surface area (Å²) in [5.74, 6) is 0.886. The molecule has 1 unspecified atom stereocenters. The monoisotopic (exact) mass is 298 g/mol. The molecule has 0 bridgehead atoms. The normalized spacial score (nSPS) is 12.5. The van der Waals surface area contributed by atoms with Gasteiger partial charge in [0.1, 0.15) is 10.8 Å². The zero-order valence-electron chi connectivity index (χ0n) is 12.2. The Morgan fingerprint density at radius 3 is 2.62 bits per heavy atom. The van der Waals surface area contributed by atoms with Gasteiger partial charge >= 0.3 is 0 Å². The smallest absolute Gasteiger partial charge is 0.118 e. The van der Waals surface area contributed by atoms with Gasteiger partial charge < -0.3 is 10.1 Å². The molecule has 0 aliphatic heterocycles. The highest BCUT2D eigenvalue weighted by Crippen LogP contribution is 2.22. The Morgan fingerprint density at radius 1 is 1.14 bits per heavy atom. The lowest BCUT2D eigenvalue weighted by molar-refractivity contribution is 0.414. The van der Waals surface area contributed by atoms with Crippen molar-refractivity contribution in [2.45, 2.75) is 19.5 Å². The molecule has 2 aromatic carbocycles. The van der Waals surface area contributed by atoms with E-state index in [0.717, 1.165) is 22.8 Å². The number of hydrogen-bond acceptors (Lipinski definition) is 4. The molecule has 0 fully saturated rings. The molecule has 1 heterocycles. The third-order valence-electron chi connectivity index (χ3n) is 3.51. The molecule has 0 spiro atoms. The molecular formula is C17H18N2OS. The zero-order valence-corrected chi connectivity index (χ0v) is 13.0. The summed E-state index contributed by atoms with van der Waals surface area (Å²) in [5.41, 5.74) is 2.33. The number of hydrogen-bond donors (Lipinski definition) is 1. The van der Waals surface area contributed by atoms with Gasteiger partial charge in [0.15, 0.2) is 0 Å². The van der Waals surface area contributed by atoms with Crippen LogP contribution in [-0.2, 0) is 6.54 Å². The van der Waals surface area contributed by atoms with Gasteiger partial charge in [0.25, 0.3) is 0 Å². The molecule has 0 radical (unpaired) electrons. The van der Waals surface area contributed by atoms with Crippen LogP contribution in [0.3, 0.4) is 0 Å². The minimum Gasteiger partial charge on any atom is -0.497 e. The topological polar surface area (TPSA) is 34.1 Å². The van der Waals surface area contributed by atoms with E-state index in [1.807, 2.05) is 18.2 Å². The molecule has 0 saturated heterocycles. The molecule has 1 atom stereocenters. The molecule has 0 aliphatic carbocycles. The molecule has 1 N–H and O–H groups in total. The highest BCUT2D eigenvalue weighted by Gasteiger charge is 2.07. The maximum absolute atomic E-state index is 5.18. The predicted molar refractivity (Wildman–Crippen MR) is 87.9 cm³/mol. The number of benzene rings is 2. The number of ether oxygens (including phenoxy) is 1. The van der Waals surface area contributed by atoms with Gasteiger partial charge in [-0.1, -0.05) is 24.3 Å². The Kier molecular flexibility index (Phi) is 4.18. The van der Waals surface area contributed by atoms with Gasteiger partial charge in [-0.3, -0.25) is 0 Å². The van der Waals surface area contributed by atoms with Crippen molar-refractivity contribution in [2.24, 2.45) is 0 Å². The van der Waals surface area contributed by atoms with Crippen LogP contribution in [0.15, 0.2) is 48.5 Å². The van der Waals surface area contributed by atoms with Crippen molar-refractivity contribution in [3.8, 4) is 5.75 Å². The Hall–Kier alpha value is -1.91. The first kappa shape index (κ1) is 14.0. The summed E-state index contributed by atoms with van der Waals surface area (Å²) >= 11 is 1.75. The van der Waals surface area contributed by atoms with Gasteiger partial charge in [-0.2, -0.15) is 0 Å². The second-order valence-electron chi connectivity index (χ2n) is 4.95. The van der Waals surface area contributed by atoms with Crippen LogP contribution in [0.2, 0.25) is 0 Å². The molecule has 3 aromatic rings. The van der Waals surface area contributed by atoms with E-state index >= 15 is 0 Å². The highest BCUT2D eigenvalue weighted by atomic mass is 32.1. The Balaban J connectivity index is 1.65. The molecule has 4 heteroatoms. The number of nitrogens with one attached hydrogen (secondary N) is 1. The number of fused-ring (bicyclic) bond motifs is 1. The minimum atomic E-state index is 0.280. The third kappa shape index (κ3) is 3.23. The Bertz CT molecular complexity index is 688. The van der Waals surface area contributed by atoms with E-state index in [1.54, 1.807) is 18.4 Å². The van der Waals surface area contributed by atoms with E-state index in [2.05, 4.69) is 47.6 Å². The summed E-state index contributed by atoms with van der Waals surface area (Å²) in [6.07, 6.45) is 0. The summed E-state index contributed by atoms with van der Waals surface area (Å²) in [4.78, 5) is 4.64. The van der Waals surface area contributed by atoms with Crippen LogP contribution in [0.5, 0.6) is 5.75 Å². The van der Waals surface area contributed by atoms with Crippen molar-refractivity contribution < 1.29 is 4.74 Å². The lowest BCUT2D eigenvalue weighted by atomic mass is 10.1. The molecule has 3 rings (SSSR count). The number of aromatic nitrogens is 1. The van der Waals surface area contributed by atoms with Crippen LogP contribution in [0.4, 0.5) is 0 Å². The van der Waals surface area contributed by atoms with Crippen LogP contribution >= 0.6 is 11.3 Å². The van der Waals surface area contributed by atoms with Gasteiger partial charge in [0.2, 0.25) is 0 Å².